The minimum absolute atomic E-state index is 0.0927. The average Bonchev–Trinajstić information content (AvgIpc) is 3.21. The van der Waals surface area contributed by atoms with Gasteiger partial charge in [-0.3, -0.25) is 14.3 Å². The maximum atomic E-state index is 13.3. The molecular formula is C19H17F3N4O3. The third kappa shape index (κ3) is 3.45. The quantitative estimate of drug-likeness (QED) is 0.694. The molecule has 0 atom stereocenters. The molecule has 1 aromatic carbocycles. The van der Waals surface area contributed by atoms with Crippen molar-refractivity contribution in [2.45, 2.75) is 38.4 Å². The van der Waals surface area contributed by atoms with Crippen LogP contribution in [-0.2, 0) is 30.4 Å². The largest absolute Gasteiger partial charge is 0.449 e. The van der Waals surface area contributed by atoms with Gasteiger partial charge in [0.15, 0.2) is 5.69 Å². The minimum Gasteiger partial charge on any atom is -0.449 e. The van der Waals surface area contributed by atoms with Crippen molar-refractivity contribution < 1.29 is 27.2 Å². The van der Waals surface area contributed by atoms with E-state index in [-0.39, 0.29) is 23.4 Å². The van der Waals surface area contributed by atoms with Crippen LogP contribution in [0.1, 0.15) is 40.3 Å². The lowest BCUT2D eigenvalue weighted by Gasteiger charge is -2.14. The Labute approximate surface area is 162 Å². The minimum atomic E-state index is -4.58. The number of rotatable bonds is 4. The molecule has 1 aliphatic rings. The predicted molar refractivity (Wildman–Crippen MR) is 97.2 cm³/mol. The van der Waals surface area contributed by atoms with Crippen molar-refractivity contribution in [2.24, 2.45) is 5.73 Å². The Balaban J connectivity index is 1.65. The maximum Gasteiger partial charge on any atom is 0.435 e. The molecule has 2 heterocycles. The number of para-hydroxylation sites is 1. The second-order valence-electron chi connectivity index (χ2n) is 6.85. The van der Waals surface area contributed by atoms with E-state index in [0.29, 0.717) is 29.5 Å². The molecule has 0 radical (unpaired) electrons. The molecule has 10 heteroatoms. The van der Waals surface area contributed by atoms with Gasteiger partial charge in [0.25, 0.3) is 5.91 Å². The van der Waals surface area contributed by atoms with Gasteiger partial charge < -0.3 is 15.5 Å². The maximum absolute atomic E-state index is 13.3. The van der Waals surface area contributed by atoms with E-state index in [2.05, 4.69) is 10.4 Å². The first-order valence-corrected chi connectivity index (χ1v) is 9.02. The number of benzene rings is 1. The van der Waals surface area contributed by atoms with Crippen LogP contribution in [0.2, 0.25) is 0 Å². The van der Waals surface area contributed by atoms with E-state index in [9.17, 15) is 22.8 Å². The zero-order valence-electron chi connectivity index (χ0n) is 15.2. The monoisotopic (exact) mass is 406 g/mol. The van der Waals surface area contributed by atoms with Crippen LogP contribution in [0.15, 0.2) is 28.7 Å². The number of primary amides is 1. The number of nitrogens with one attached hydrogen (secondary N) is 1. The number of furan rings is 1. The molecule has 0 saturated heterocycles. The number of hydrogen-bond donors (Lipinski definition) is 2. The number of carbonyl (C=O) groups is 2. The lowest BCUT2D eigenvalue weighted by Crippen LogP contribution is -2.23. The van der Waals surface area contributed by atoms with E-state index < -0.39 is 30.2 Å². The first-order chi connectivity index (χ1) is 13.8. The van der Waals surface area contributed by atoms with Crippen molar-refractivity contribution in [3.05, 3.63) is 47.0 Å². The number of halogens is 3. The van der Waals surface area contributed by atoms with Crippen LogP contribution in [0.5, 0.6) is 0 Å². The zero-order valence-corrected chi connectivity index (χ0v) is 15.2. The Hall–Kier alpha value is -3.30. The zero-order chi connectivity index (χ0) is 20.8. The average molecular weight is 406 g/mol. The summed E-state index contributed by atoms with van der Waals surface area (Å²) >= 11 is 0. The molecule has 2 aromatic heterocycles. The standard InChI is InChI=1S/C19H17F3N4O3/c20-19(21,22)17-10-5-1-3-7-12(10)26(25-17)9-14(27)24-15-11-6-2-4-8-13(11)29-16(15)18(23)28/h2,4,6,8H,1,3,5,7,9H2,(H2,23,28)(H,24,27). The van der Waals surface area contributed by atoms with E-state index in [1.807, 2.05) is 0 Å². The molecule has 0 bridgehead atoms. The van der Waals surface area contributed by atoms with Crippen LogP contribution in [0.3, 0.4) is 0 Å². The SMILES string of the molecule is NC(=O)c1oc2ccccc2c1NC(=O)Cn1nc(C(F)(F)F)c2c1CCCC2. The fourth-order valence-electron chi connectivity index (χ4n) is 3.69. The highest BCUT2D eigenvalue weighted by molar-refractivity contribution is 6.10. The van der Waals surface area contributed by atoms with Crippen molar-refractivity contribution in [3.63, 3.8) is 0 Å². The summed E-state index contributed by atoms with van der Waals surface area (Å²) in [6, 6.07) is 6.63. The molecule has 3 N–H and O–H groups in total. The summed E-state index contributed by atoms with van der Waals surface area (Å²) in [7, 11) is 0. The van der Waals surface area contributed by atoms with E-state index in [0.717, 1.165) is 11.1 Å². The molecule has 152 valence electrons. The first-order valence-electron chi connectivity index (χ1n) is 9.02. The number of nitrogens with two attached hydrogens (primary N) is 1. The summed E-state index contributed by atoms with van der Waals surface area (Å²) in [6.07, 6.45) is -2.49. The summed E-state index contributed by atoms with van der Waals surface area (Å²) in [5.74, 6) is -1.73. The number of carbonyl (C=O) groups excluding carboxylic acids is 2. The number of amides is 2. The second-order valence-corrected chi connectivity index (χ2v) is 6.85. The second kappa shape index (κ2) is 6.94. The summed E-state index contributed by atoms with van der Waals surface area (Å²) < 4.78 is 46.4. The van der Waals surface area contributed by atoms with E-state index in [1.54, 1.807) is 24.3 Å². The number of anilines is 1. The van der Waals surface area contributed by atoms with E-state index in [1.165, 1.54) is 0 Å². The molecule has 3 aromatic rings. The van der Waals surface area contributed by atoms with Gasteiger partial charge in [-0.05, 0) is 37.8 Å². The normalized spacial score (nSPS) is 14.0. The number of hydrogen-bond acceptors (Lipinski definition) is 4. The van der Waals surface area contributed by atoms with Gasteiger partial charge in [0.1, 0.15) is 17.8 Å². The van der Waals surface area contributed by atoms with Gasteiger partial charge in [-0.1, -0.05) is 12.1 Å². The Morgan fingerprint density at radius 1 is 1.21 bits per heavy atom. The summed E-state index contributed by atoms with van der Waals surface area (Å²) in [6.45, 7) is -0.421. The Morgan fingerprint density at radius 2 is 1.93 bits per heavy atom. The Kier molecular flexibility index (Phi) is 4.56. The predicted octanol–water partition coefficient (Wildman–Crippen LogP) is 3.26. The van der Waals surface area contributed by atoms with Crippen LogP contribution in [0, 0.1) is 0 Å². The topological polar surface area (TPSA) is 103 Å². The third-order valence-electron chi connectivity index (χ3n) is 4.90. The molecule has 0 spiro atoms. The number of nitrogens with zero attached hydrogens (tertiary/aromatic N) is 2. The Bertz CT molecular complexity index is 1110. The molecule has 0 fully saturated rings. The van der Waals surface area contributed by atoms with Gasteiger partial charge in [-0.2, -0.15) is 18.3 Å². The van der Waals surface area contributed by atoms with Gasteiger partial charge in [-0.15, -0.1) is 0 Å². The highest BCUT2D eigenvalue weighted by Crippen LogP contribution is 2.36. The Morgan fingerprint density at radius 3 is 2.66 bits per heavy atom. The van der Waals surface area contributed by atoms with E-state index >= 15 is 0 Å². The highest BCUT2D eigenvalue weighted by atomic mass is 19.4. The van der Waals surface area contributed by atoms with Crippen LogP contribution < -0.4 is 11.1 Å². The van der Waals surface area contributed by atoms with Crippen LogP contribution in [0.25, 0.3) is 11.0 Å². The molecule has 0 aliphatic heterocycles. The van der Waals surface area contributed by atoms with Crippen molar-refractivity contribution in [1.29, 1.82) is 0 Å². The van der Waals surface area contributed by atoms with E-state index in [4.69, 9.17) is 10.2 Å². The van der Waals surface area contributed by atoms with Crippen LogP contribution >= 0.6 is 0 Å². The molecular weight excluding hydrogens is 389 g/mol. The van der Waals surface area contributed by atoms with Gasteiger partial charge >= 0.3 is 6.18 Å². The molecule has 4 rings (SSSR count). The fraction of sp³-hybridized carbons (Fsp3) is 0.316. The van der Waals surface area contributed by atoms with Gasteiger partial charge in [0.2, 0.25) is 11.7 Å². The van der Waals surface area contributed by atoms with Crippen molar-refractivity contribution >= 4 is 28.5 Å². The number of alkyl halides is 3. The highest BCUT2D eigenvalue weighted by Gasteiger charge is 2.39. The molecule has 2 amide bonds. The summed E-state index contributed by atoms with van der Waals surface area (Å²) in [5.41, 5.74) is 5.41. The molecule has 0 unspecified atom stereocenters. The smallest absolute Gasteiger partial charge is 0.435 e. The van der Waals surface area contributed by atoms with Crippen molar-refractivity contribution in [2.75, 3.05) is 5.32 Å². The van der Waals surface area contributed by atoms with Crippen LogP contribution in [0.4, 0.5) is 18.9 Å². The molecule has 29 heavy (non-hydrogen) atoms. The summed E-state index contributed by atoms with van der Waals surface area (Å²) in [4.78, 5) is 24.3. The van der Waals surface area contributed by atoms with Crippen molar-refractivity contribution in [3.8, 4) is 0 Å². The van der Waals surface area contributed by atoms with Crippen LogP contribution in [-0.4, -0.2) is 21.6 Å². The lowest BCUT2D eigenvalue weighted by molar-refractivity contribution is -0.142. The van der Waals surface area contributed by atoms with Gasteiger partial charge in [-0.25, -0.2) is 0 Å². The molecule has 7 nitrogen and oxygen atoms in total. The van der Waals surface area contributed by atoms with Gasteiger partial charge in [0.05, 0.1) is 0 Å². The molecule has 1 aliphatic carbocycles. The molecule has 0 saturated carbocycles. The number of fused-ring (bicyclic) bond motifs is 2. The fourth-order valence-corrected chi connectivity index (χ4v) is 3.69. The number of aromatic nitrogens is 2. The summed E-state index contributed by atoms with van der Waals surface area (Å²) in [5, 5.41) is 6.68. The van der Waals surface area contributed by atoms with Gasteiger partial charge in [0, 0.05) is 16.6 Å². The van der Waals surface area contributed by atoms with Crippen molar-refractivity contribution in [1.82, 2.24) is 9.78 Å². The third-order valence-corrected chi connectivity index (χ3v) is 4.90. The first kappa shape index (κ1) is 19.0. The lowest BCUT2D eigenvalue weighted by atomic mass is 9.95.